The highest BCUT2D eigenvalue weighted by Crippen LogP contribution is 2.25. The molecule has 0 bridgehead atoms. The van der Waals surface area contributed by atoms with E-state index in [0.717, 1.165) is 4.47 Å². The molecule has 0 aliphatic rings. The van der Waals surface area contributed by atoms with E-state index in [2.05, 4.69) is 21.2 Å². The zero-order chi connectivity index (χ0) is 12.1. The number of anilines is 1. The second kappa shape index (κ2) is 6.01. The number of hydrogen-bond donors (Lipinski definition) is 1. The quantitative estimate of drug-likeness (QED) is 0.926. The van der Waals surface area contributed by atoms with E-state index in [-0.39, 0.29) is 24.5 Å². The van der Waals surface area contributed by atoms with Crippen LogP contribution in [-0.2, 0) is 9.59 Å². The molecule has 0 saturated heterocycles. The van der Waals surface area contributed by atoms with E-state index in [9.17, 15) is 9.59 Å². The second-order valence-corrected chi connectivity index (χ2v) is 4.64. The lowest BCUT2D eigenvalue weighted by atomic mass is 10.2. The first kappa shape index (κ1) is 13.2. The average molecular weight is 305 g/mol. The van der Waals surface area contributed by atoms with Crippen molar-refractivity contribution in [3.8, 4) is 0 Å². The molecular weight excluding hydrogens is 293 g/mol. The highest BCUT2D eigenvalue weighted by molar-refractivity contribution is 9.10. The number of nitrogens with one attached hydrogen (secondary N) is 1. The van der Waals surface area contributed by atoms with E-state index in [4.69, 9.17) is 11.6 Å². The maximum Gasteiger partial charge on any atom is 0.224 e. The van der Waals surface area contributed by atoms with Crippen LogP contribution < -0.4 is 5.32 Å². The monoisotopic (exact) mass is 303 g/mol. The molecule has 86 valence electrons. The van der Waals surface area contributed by atoms with Gasteiger partial charge in [-0.15, -0.1) is 0 Å². The highest BCUT2D eigenvalue weighted by atomic mass is 79.9. The number of carbonyl (C=O) groups is 2. The fraction of sp³-hybridized carbons (Fsp3) is 0.273. The van der Waals surface area contributed by atoms with Gasteiger partial charge in [0.25, 0.3) is 0 Å². The van der Waals surface area contributed by atoms with Crippen molar-refractivity contribution in [3.63, 3.8) is 0 Å². The van der Waals surface area contributed by atoms with E-state index in [1.165, 1.54) is 6.92 Å². The number of carbonyl (C=O) groups excluding carboxylic acids is 2. The number of benzene rings is 1. The van der Waals surface area contributed by atoms with Gasteiger partial charge in [0.05, 0.1) is 5.02 Å². The number of halogens is 2. The van der Waals surface area contributed by atoms with Crippen LogP contribution in [0.4, 0.5) is 5.69 Å². The summed E-state index contributed by atoms with van der Waals surface area (Å²) in [6, 6.07) is 5.11. The molecule has 0 radical (unpaired) electrons. The molecule has 3 nitrogen and oxygen atoms in total. The molecule has 0 spiro atoms. The van der Waals surface area contributed by atoms with Crippen LogP contribution >= 0.6 is 27.5 Å². The molecule has 0 aromatic heterocycles. The molecule has 1 aromatic carbocycles. The molecule has 0 fully saturated rings. The summed E-state index contributed by atoms with van der Waals surface area (Å²) in [5.74, 6) is -0.170. The lowest BCUT2D eigenvalue weighted by Gasteiger charge is -2.05. The third-order valence-electron chi connectivity index (χ3n) is 1.91. The smallest absolute Gasteiger partial charge is 0.224 e. The largest absolute Gasteiger partial charge is 0.326 e. The van der Waals surface area contributed by atoms with Gasteiger partial charge < -0.3 is 10.1 Å². The molecule has 0 aliphatic carbocycles. The molecule has 1 amide bonds. The predicted octanol–water partition coefficient (Wildman–Crippen LogP) is 3.41. The van der Waals surface area contributed by atoms with Gasteiger partial charge in [-0.2, -0.15) is 0 Å². The van der Waals surface area contributed by atoms with E-state index in [1.54, 1.807) is 18.2 Å². The Balaban J connectivity index is 2.56. The summed E-state index contributed by atoms with van der Waals surface area (Å²) in [6.45, 7) is 1.46. The Labute approximate surface area is 107 Å². The summed E-state index contributed by atoms with van der Waals surface area (Å²) in [4.78, 5) is 22.1. The predicted molar refractivity (Wildman–Crippen MR) is 67.7 cm³/mol. The maximum absolute atomic E-state index is 11.4. The van der Waals surface area contributed by atoms with Crippen molar-refractivity contribution in [1.82, 2.24) is 0 Å². The van der Waals surface area contributed by atoms with Crippen molar-refractivity contribution in [1.29, 1.82) is 0 Å². The van der Waals surface area contributed by atoms with Crippen LogP contribution in [-0.4, -0.2) is 11.7 Å². The maximum atomic E-state index is 11.4. The lowest BCUT2D eigenvalue weighted by Crippen LogP contribution is -2.12. The number of hydrogen-bond acceptors (Lipinski definition) is 2. The van der Waals surface area contributed by atoms with Crippen LogP contribution in [0.25, 0.3) is 0 Å². The standard InChI is InChI=1S/C11H11BrClNO2/c1-7(15)2-5-11(16)14-8-3-4-10(13)9(12)6-8/h3-4,6H,2,5H2,1H3,(H,14,16). The van der Waals surface area contributed by atoms with E-state index in [0.29, 0.717) is 10.7 Å². The van der Waals surface area contributed by atoms with Crippen LogP contribution in [0.2, 0.25) is 5.02 Å². The molecule has 0 unspecified atom stereocenters. The van der Waals surface area contributed by atoms with Crippen LogP contribution in [0, 0.1) is 0 Å². The number of rotatable bonds is 4. The molecule has 0 saturated carbocycles. The molecule has 16 heavy (non-hydrogen) atoms. The highest BCUT2D eigenvalue weighted by Gasteiger charge is 2.05. The molecule has 0 aliphatic heterocycles. The van der Waals surface area contributed by atoms with Gasteiger partial charge in [-0.25, -0.2) is 0 Å². The normalized spacial score (nSPS) is 9.94. The molecular formula is C11H11BrClNO2. The minimum absolute atomic E-state index is 0.00689. The van der Waals surface area contributed by atoms with Crippen molar-refractivity contribution in [2.75, 3.05) is 5.32 Å². The van der Waals surface area contributed by atoms with E-state index >= 15 is 0 Å². The molecule has 1 aromatic rings. The Morgan fingerprint density at radius 1 is 1.38 bits per heavy atom. The first-order valence-electron chi connectivity index (χ1n) is 4.73. The second-order valence-electron chi connectivity index (χ2n) is 3.38. The van der Waals surface area contributed by atoms with Gasteiger partial charge in [-0.1, -0.05) is 11.6 Å². The van der Waals surface area contributed by atoms with Gasteiger partial charge in [0.2, 0.25) is 5.91 Å². The van der Waals surface area contributed by atoms with Gasteiger partial charge >= 0.3 is 0 Å². The van der Waals surface area contributed by atoms with Crippen LogP contribution in [0.1, 0.15) is 19.8 Å². The first-order chi connectivity index (χ1) is 7.49. The Bertz CT molecular complexity index is 420. The van der Waals surface area contributed by atoms with Crippen molar-refractivity contribution < 1.29 is 9.59 Å². The molecule has 0 atom stereocenters. The minimum Gasteiger partial charge on any atom is -0.326 e. The summed E-state index contributed by atoms with van der Waals surface area (Å²) in [5, 5.41) is 3.27. The zero-order valence-corrected chi connectivity index (χ0v) is 11.1. The van der Waals surface area contributed by atoms with Crippen LogP contribution in [0.15, 0.2) is 22.7 Å². The molecule has 1 N–H and O–H groups in total. The molecule has 5 heteroatoms. The topological polar surface area (TPSA) is 46.2 Å². The van der Waals surface area contributed by atoms with Crippen LogP contribution in [0.3, 0.4) is 0 Å². The number of amides is 1. The number of ketones is 1. The summed E-state index contributed by atoms with van der Waals surface area (Å²) in [5.41, 5.74) is 0.657. The van der Waals surface area contributed by atoms with Crippen molar-refractivity contribution >= 4 is 44.9 Å². The van der Waals surface area contributed by atoms with Gasteiger partial charge in [-0.3, -0.25) is 4.79 Å². The van der Waals surface area contributed by atoms with Gasteiger partial charge in [0, 0.05) is 23.0 Å². The molecule has 1 rings (SSSR count). The Morgan fingerprint density at radius 2 is 2.06 bits per heavy atom. The fourth-order valence-electron chi connectivity index (χ4n) is 1.09. The summed E-state index contributed by atoms with van der Waals surface area (Å²) in [7, 11) is 0. The third-order valence-corrected chi connectivity index (χ3v) is 3.12. The van der Waals surface area contributed by atoms with Gasteiger partial charge in [0.15, 0.2) is 0 Å². The van der Waals surface area contributed by atoms with Gasteiger partial charge in [-0.05, 0) is 41.1 Å². The van der Waals surface area contributed by atoms with Crippen molar-refractivity contribution in [2.24, 2.45) is 0 Å². The summed E-state index contributed by atoms with van der Waals surface area (Å²) in [6.07, 6.45) is 0.468. The first-order valence-corrected chi connectivity index (χ1v) is 5.90. The lowest BCUT2D eigenvalue weighted by molar-refractivity contribution is -0.121. The van der Waals surface area contributed by atoms with E-state index < -0.39 is 0 Å². The summed E-state index contributed by atoms with van der Waals surface area (Å²) >= 11 is 9.08. The van der Waals surface area contributed by atoms with Crippen molar-refractivity contribution in [2.45, 2.75) is 19.8 Å². The molecule has 0 heterocycles. The number of Topliss-reactive ketones (excluding diaryl/α,β-unsaturated/α-hetero) is 1. The third kappa shape index (κ3) is 4.33. The zero-order valence-electron chi connectivity index (χ0n) is 8.72. The summed E-state index contributed by atoms with van der Waals surface area (Å²) < 4.78 is 0.721. The van der Waals surface area contributed by atoms with Crippen molar-refractivity contribution in [3.05, 3.63) is 27.7 Å². The Hall–Kier alpha value is -0.870. The minimum atomic E-state index is -0.176. The Kier molecular flexibility index (Phi) is 4.96. The SMILES string of the molecule is CC(=O)CCC(=O)Nc1ccc(Cl)c(Br)c1. The Morgan fingerprint density at radius 3 is 2.62 bits per heavy atom. The van der Waals surface area contributed by atoms with Crippen LogP contribution in [0.5, 0.6) is 0 Å². The van der Waals surface area contributed by atoms with E-state index in [1.807, 2.05) is 0 Å². The average Bonchev–Trinajstić information content (AvgIpc) is 2.21. The van der Waals surface area contributed by atoms with Gasteiger partial charge in [0.1, 0.15) is 5.78 Å². The fourth-order valence-corrected chi connectivity index (χ4v) is 1.58.